The van der Waals surface area contributed by atoms with Crippen molar-refractivity contribution < 1.29 is 13.9 Å². The van der Waals surface area contributed by atoms with Crippen molar-refractivity contribution >= 4 is 6.09 Å². The fourth-order valence-electron chi connectivity index (χ4n) is 2.39. The highest BCUT2D eigenvalue weighted by Crippen LogP contribution is 2.39. The van der Waals surface area contributed by atoms with E-state index >= 15 is 0 Å². The molecule has 0 aliphatic carbocycles. The molecular weight excluding hydrogens is 235 g/mol. The third-order valence-corrected chi connectivity index (χ3v) is 3.52. The molecule has 0 radical (unpaired) electrons. The van der Waals surface area contributed by atoms with Gasteiger partial charge in [-0.05, 0) is 47.1 Å². The number of hydrogen-bond acceptors (Lipinski definition) is 3. The van der Waals surface area contributed by atoms with E-state index < -0.39 is 17.2 Å². The highest BCUT2D eigenvalue weighted by Gasteiger charge is 2.44. The summed E-state index contributed by atoms with van der Waals surface area (Å²) in [6.07, 6.45) is -0.0685. The Balaban J connectivity index is 2.66. The fraction of sp³-hybridized carbons (Fsp3) is 0.923. The van der Waals surface area contributed by atoms with Crippen molar-refractivity contribution in [3.63, 3.8) is 0 Å². The molecule has 2 N–H and O–H groups in total. The molecule has 1 saturated heterocycles. The highest BCUT2D eigenvalue weighted by molar-refractivity contribution is 5.68. The topological polar surface area (TPSA) is 55.6 Å². The van der Waals surface area contributed by atoms with Crippen LogP contribution in [0, 0.1) is 5.41 Å². The molecule has 0 aromatic carbocycles. The van der Waals surface area contributed by atoms with E-state index in [9.17, 15) is 9.18 Å². The van der Waals surface area contributed by atoms with Crippen molar-refractivity contribution in [3.8, 4) is 0 Å². The van der Waals surface area contributed by atoms with Crippen LogP contribution in [0.2, 0.25) is 0 Å². The molecule has 18 heavy (non-hydrogen) atoms. The number of nitrogens with zero attached hydrogens (tertiary/aromatic N) is 1. The number of carbonyl (C=O) groups is 1. The molecule has 1 rings (SSSR count). The molecule has 0 spiro atoms. The Morgan fingerprint density at radius 3 is 2.61 bits per heavy atom. The van der Waals surface area contributed by atoms with Crippen LogP contribution < -0.4 is 5.73 Å². The molecule has 1 fully saturated rings. The number of ether oxygens (including phenoxy) is 1. The maximum atomic E-state index is 13.8. The summed E-state index contributed by atoms with van der Waals surface area (Å²) >= 11 is 0. The van der Waals surface area contributed by atoms with Gasteiger partial charge in [0.2, 0.25) is 0 Å². The SMILES string of the molecule is CC(F)C1(CCN)CCN(C(=O)OC(C)(C)C)C1. The minimum Gasteiger partial charge on any atom is -0.444 e. The molecule has 2 atom stereocenters. The maximum Gasteiger partial charge on any atom is 0.410 e. The first-order valence-electron chi connectivity index (χ1n) is 6.52. The van der Waals surface area contributed by atoms with Crippen LogP contribution in [0.25, 0.3) is 0 Å². The summed E-state index contributed by atoms with van der Waals surface area (Å²) < 4.78 is 19.1. The first-order chi connectivity index (χ1) is 8.20. The van der Waals surface area contributed by atoms with Crippen LogP contribution in [-0.4, -0.2) is 42.4 Å². The Morgan fingerprint density at radius 2 is 2.17 bits per heavy atom. The Hall–Kier alpha value is -0.840. The first-order valence-corrected chi connectivity index (χ1v) is 6.52. The van der Waals surface area contributed by atoms with E-state index in [1.54, 1.807) is 11.8 Å². The molecule has 106 valence electrons. The van der Waals surface area contributed by atoms with Crippen LogP contribution >= 0.6 is 0 Å². The lowest BCUT2D eigenvalue weighted by atomic mass is 9.79. The summed E-state index contributed by atoms with van der Waals surface area (Å²) in [5.41, 5.74) is 4.54. The van der Waals surface area contributed by atoms with Crippen LogP contribution in [-0.2, 0) is 4.74 Å². The lowest BCUT2D eigenvalue weighted by Gasteiger charge is -2.31. The predicted octanol–water partition coefficient (Wildman–Crippen LogP) is 2.32. The number of hydrogen-bond donors (Lipinski definition) is 1. The predicted molar refractivity (Wildman–Crippen MR) is 69.1 cm³/mol. The molecule has 0 aromatic rings. The highest BCUT2D eigenvalue weighted by atomic mass is 19.1. The largest absolute Gasteiger partial charge is 0.444 e. The van der Waals surface area contributed by atoms with E-state index in [1.165, 1.54) is 0 Å². The summed E-state index contributed by atoms with van der Waals surface area (Å²) in [6, 6.07) is 0. The summed E-state index contributed by atoms with van der Waals surface area (Å²) in [5.74, 6) is 0. The summed E-state index contributed by atoms with van der Waals surface area (Å²) in [7, 11) is 0. The Kier molecular flexibility index (Phi) is 4.59. The van der Waals surface area contributed by atoms with Crippen molar-refractivity contribution in [3.05, 3.63) is 0 Å². The van der Waals surface area contributed by atoms with Crippen molar-refractivity contribution in [1.29, 1.82) is 0 Å². The molecule has 4 nitrogen and oxygen atoms in total. The van der Waals surface area contributed by atoms with Gasteiger partial charge in [0.15, 0.2) is 0 Å². The Morgan fingerprint density at radius 1 is 1.56 bits per heavy atom. The van der Waals surface area contributed by atoms with Gasteiger partial charge in [-0.25, -0.2) is 9.18 Å². The molecule has 1 aliphatic heterocycles. The Labute approximate surface area is 109 Å². The number of rotatable bonds is 3. The zero-order valence-corrected chi connectivity index (χ0v) is 11.8. The number of alkyl halides is 1. The molecule has 2 unspecified atom stereocenters. The normalized spacial score (nSPS) is 26.2. The van der Waals surface area contributed by atoms with Crippen molar-refractivity contribution in [2.75, 3.05) is 19.6 Å². The zero-order chi connectivity index (χ0) is 14.0. The third-order valence-electron chi connectivity index (χ3n) is 3.52. The minimum absolute atomic E-state index is 0.359. The second-order valence-electron chi connectivity index (χ2n) is 6.17. The summed E-state index contributed by atoms with van der Waals surface area (Å²) in [4.78, 5) is 13.5. The van der Waals surface area contributed by atoms with E-state index in [0.29, 0.717) is 32.5 Å². The second-order valence-corrected chi connectivity index (χ2v) is 6.17. The average Bonchev–Trinajstić information content (AvgIpc) is 2.61. The van der Waals surface area contributed by atoms with E-state index in [-0.39, 0.29) is 6.09 Å². The zero-order valence-electron chi connectivity index (χ0n) is 11.8. The lowest BCUT2D eigenvalue weighted by molar-refractivity contribution is 0.0243. The minimum atomic E-state index is -0.964. The van der Waals surface area contributed by atoms with Gasteiger partial charge < -0.3 is 15.4 Å². The van der Waals surface area contributed by atoms with Crippen molar-refractivity contribution in [2.45, 2.75) is 52.3 Å². The van der Waals surface area contributed by atoms with Crippen molar-refractivity contribution in [2.24, 2.45) is 11.1 Å². The third kappa shape index (κ3) is 3.57. The Bertz CT molecular complexity index is 302. The van der Waals surface area contributed by atoms with E-state index in [0.717, 1.165) is 0 Å². The van der Waals surface area contributed by atoms with Gasteiger partial charge in [-0.2, -0.15) is 0 Å². The monoisotopic (exact) mass is 260 g/mol. The van der Waals surface area contributed by atoms with Crippen LogP contribution in [0.1, 0.15) is 40.5 Å². The van der Waals surface area contributed by atoms with Gasteiger partial charge in [-0.1, -0.05) is 0 Å². The smallest absolute Gasteiger partial charge is 0.410 e. The van der Waals surface area contributed by atoms with Gasteiger partial charge in [0, 0.05) is 18.5 Å². The number of likely N-dealkylation sites (tertiary alicyclic amines) is 1. The van der Waals surface area contributed by atoms with Gasteiger partial charge in [-0.3, -0.25) is 0 Å². The molecule has 1 aliphatic rings. The maximum absolute atomic E-state index is 13.8. The molecule has 5 heteroatoms. The quantitative estimate of drug-likeness (QED) is 0.847. The average molecular weight is 260 g/mol. The van der Waals surface area contributed by atoms with Gasteiger partial charge >= 0.3 is 6.09 Å². The van der Waals surface area contributed by atoms with Crippen LogP contribution in [0.15, 0.2) is 0 Å². The van der Waals surface area contributed by atoms with E-state index in [1.807, 2.05) is 20.8 Å². The summed E-state index contributed by atoms with van der Waals surface area (Å²) in [5, 5.41) is 0. The van der Waals surface area contributed by atoms with Gasteiger partial charge in [0.25, 0.3) is 0 Å². The molecule has 1 heterocycles. The number of halogens is 1. The molecule has 0 bridgehead atoms. The molecule has 0 aromatic heterocycles. The number of amides is 1. The molecular formula is C13H25FN2O2. The van der Waals surface area contributed by atoms with Gasteiger partial charge in [0.05, 0.1) is 0 Å². The van der Waals surface area contributed by atoms with Gasteiger partial charge in [-0.15, -0.1) is 0 Å². The summed E-state index contributed by atoms with van der Waals surface area (Å²) in [6.45, 7) is 8.41. The molecule has 0 saturated carbocycles. The van der Waals surface area contributed by atoms with Gasteiger partial charge in [0.1, 0.15) is 11.8 Å². The van der Waals surface area contributed by atoms with Crippen LogP contribution in [0.5, 0.6) is 0 Å². The van der Waals surface area contributed by atoms with Crippen LogP contribution in [0.4, 0.5) is 9.18 Å². The second kappa shape index (κ2) is 5.43. The number of carbonyl (C=O) groups excluding carboxylic acids is 1. The first kappa shape index (κ1) is 15.2. The van der Waals surface area contributed by atoms with E-state index in [2.05, 4.69) is 0 Å². The fourth-order valence-corrected chi connectivity index (χ4v) is 2.39. The molecule has 1 amide bonds. The number of nitrogens with two attached hydrogens (primary N) is 1. The standard InChI is InChI=1S/C13H25FN2O2/c1-10(14)13(5-7-15)6-8-16(9-13)11(17)18-12(2,3)4/h10H,5-9,15H2,1-4H3. The van der Waals surface area contributed by atoms with Crippen LogP contribution in [0.3, 0.4) is 0 Å². The van der Waals surface area contributed by atoms with Crippen molar-refractivity contribution in [1.82, 2.24) is 4.90 Å². The van der Waals surface area contributed by atoms with E-state index in [4.69, 9.17) is 10.5 Å². The lowest BCUT2D eigenvalue weighted by Crippen LogP contribution is -2.40.